The number of nitrogens with two attached hydrogens (primary N) is 1. The second-order valence-electron chi connectivity index (χ2n) is 4.16. The van der Waals surface area contributed by atoms with Gasteiger partial charge in [-0.15, -0.1) is 0 Å². The normalized spacial score (nSPS) is 10.4. The van der Waals surface area contributed by atoms with Crippen molar-refractivity contribution in [3.05, 3.63) is 56.5 Å². The highest BCUT2D eigenvalue weighted by Gasteiger charge is 2.14. The van der Waals surface area contributed by atoms with Crippen molar-refractivity contribution >= 4 is 46.5 Å². The lowest BCUT2D eigenvalue weighted by Crippen LogP contribution is -2.09. The number of carbonyl (C=O) groups excluding carboxylic acids is 1. The van der Waals surface area contributed by atoms with Crippen molar-refractivity contribution in [3.63, 3.8) is 0 Å². The van der Waals surface area contributed by atoms with Gasteiger partial charge in [-0.2, -0.15) is 0 Å². The third kappa shape index (κ3) is 3.18. The molecular weight excluding hydrogens is 321 g/mol. The summed E-state index contributed by atoms with van der Waals surface area (Å²) in [6.07, 6.45) is 0. The number of ether oxygens (including phenoxy) is 1. The molecule has 3 nitrogen and oxygen atoms in total. The molecule has 0 aliphatic heterocycles. The van der Waals surface area contributed by atoms with E-state index in [0.29, 0.717) is 11.3 Å². The number of benzene rings is 2. The van der Waals surface area contributed by atoms with Gasteiger partial charge in [0, 0.05) is 11.8 Å². The Kier molecular flexibility index (Phi) is 4.43. The number of rotatable bonds is 2. The molecule has 6 heteroatoms. The largest absolute Gasteiger partial charge is 0.421 e. The fourth-order valence-electron chi connectivity index (χ4n) is 1.51. The van der Waals surface area contributed by atoms with Gasteiger partial charge in [0.2, 0.25) is 0 Å². The molecule has 2 aromatic carbocycles. The molecule has 0 atom stereocenters. The lowest BCUT2D eigenvalue weighted by atomic mass is 10.1. The molecule has 0 amide bonds. The number of halogens is 3. The molecule has 0 aliphatic rings. The summed E-state index contributed by atoms with van der Waals surface area (Å²) in [5.41, 5.74) is 7.48. The molecule has 0 aliphatic carbocycles. The lowest BCUT2D eigenvalue weighted by molar-refractivity contribution is 0.0735. The van der Waals surface area contributed by atoms with Gasteiger partial charge in [-0.25, -0.2) is 4.79 Å². The Hall–Kier alpha value is -1.42. The van der Waals surface area contributed by atoms with E-state index in [1.807, 2.05) is 6.92 Å². The SMILES string of the molecule is Cc1ccc(C(=O)Oc2cc(Cl)c(Cl)cc2Cl)cc1N. The molecule has 0 saturated carbocycles. The molecule has 0 bridgehead atoms. The summed E-state index contributed by atoms with van der Waals surface area (Å²) in [6.45, 7) is 1.85. The minimum absolute atomic E-state index is 0.144. The van der Waals surface area contributed by atoms with Crippen molar-refractivity contribution in [2.24, 2.45) is 0 Å². The zero-order valence-corrected chi connectivity index (χ0v) is 12.7. The zero-order valence-electron chi connectivity index (χ0n) is 10.4. The van der Waals surface area contributed by atoms with Gasteiger partial charge in [0.05, 0.1) is 20.6 Å². The molecule has 2 rings (SSSR count). The molecule has 20 heavy (non-hydrogen) atoms. The van der Waals surface area contributed by atoms with Gasteiger partial charge in [-0.05, 0) is 30.7 Å². The van der Waals surface area contributed by atoms with Gasteiger partial charge in [0.25, 0.3) is 0 Å². The highest BCUT2D eigenvalue weighted by Crippen LogP contribution is 2.34. The summed E-state index contributed by atoms with van der Waals surface area (Å²) in [6, 6.07) is 7.71. The Morgan fingerprint density at radius 3 is 2.35 bits per heavy atom. The van der Waals surface area contributed by atoms with E-state index in [0.717, 1.165) is 5.56 Å². The minimum atomic E-state index is -0.572. The first-order valence-corrected chi connectivity index (χ1v) is 6.74. The molecular formula is C14H10Cl3NO2. The third-order valence-electron chi connectivity index (χ3n) is 2.69. The van der Waals surface area contributed by atoms with E-state index in [1.165, 1.54) is 12.1 Å². The molecule has 0 spiro atoms. The van der Waals surface area contributed by atoms with Crippen molar-refractivity contribution in [2.45, 2.75) is 6.92 Å². The quantitative estimate of drug-likeness (QED) is 0.374. The minimum Gasteiger partial charge on any atom is -0.421 e. The van der Waals surface area contributed by atoms with E-state index in [2.05, 4.69) is 0 Å². The van der Waals surface area contributed by atoms with Gasteiger partial charge in [0.1, 0.15) is 0 Å². The van der Waals surface area contributed by atoms with Crippen molar-refractivity contribution in [2.75, 3.05) is 5.73 Å². The van der Waals surface area contributed by atoms with Crippen molar-refractivity contribution in [1.29, 1.82) is 0 Å². The average molecular weight is 331 g/mol. The van der Waals surface area contributed by atoms with Crippen molar-refractivity contribution < 1.29 is 9.53 Å². The van der Waals surface area contributed by atoms with Crippen LogP contribution in [0, 0.1) is 6.92 Å². The average Bonchev–Trinajstić information content (AvgIpc) is 2.39. The zero-order chi connectivity index (χ0) is 14.9. The third-order valence-corrected chi connectivity index (χ3v) is 3.71. The maximum absolute atomic E-state index is 12.0. The summed E-state index contributed by atoms with van der Waals surface area (Å²) in [4.78, 5) is 12.0. The van der Waals surface area contributed by atoms with Crippen LogP contribution in [-0.4, -0.2) is 5.97 Å². The van der Waals surface area contributed by atoms with E-state index in [-0.39, 0.29) is 20.8 Å². The summed E-state index contributed by atoms with van der Waals surface area (Å²) >= 11 is 17.6. The van der Waals surface area contributed by atoms with Crippen LogP contribution < -0.4 is 10.5 Å². The molecule has 2 N–H and O–H groups in total. The highest BCUT2D eigenvalue weighted by atomic mass is 35.5. The van der Waals surface area contributed by atoms with Crippen LogP contribution in [0.1, 0.15) is 15.9 Å². The van der Waals surface area contributed by atoms with Gasteiger partial charge >= 0.3 is 5.97 Å². The first-order valence-electron chi connectivity index (χ1n) is 5.61. The maximum Gasteiger partial charge on any atom is 0.343 e. The van der Waals surface area contributed by atoms with Gasteiger partial charge in [0.15, 0.2) is 5.75 Å². The van der Waals surface area contributed by atoms with Crippen molar-refractivity contribution in [1.82, 2.24) is 0 Å². The van der Waals surface area contributed by atoms with Crippen LogP contribution in [0.25, 0.3) is 0 Å². The van der Waals surface area contributed by atoms with E-state index in [1.54, 1.807) is 18.2 Å². The lowest BCUT2D eigenvalue weighted by Gasteiger charge is -2.08. The number of hydrogen-bond donors (Lipinski definition) is 1. The van der Waals surface area contributed by atoms with Crippen LogP contribution in [0.2, 0.25) is 15.1 Å². The monoisotopic (exact) mass is 329 g/mol. The van der Waals surface area contributed by atoms with Crippen LogP contribution in [0.15, 0.2) is 30.3 Å². The fraction of sp³-hybridized carbons (Fsp3) is 0.0714. The Morgan fingerprint density at radius 1 is 1.05 bits per heavy atom. The Bertz CT molecular complexity index is 686. The maximum atomic E-state index is 12.0. The number of aryl methyl sites for hydroxylation is 1. The Labute approximate surface area is 131 Å². The molecule has 2 aromatic rings. The molecule has 0 aromatic heterocycles. The van der Waals surface area contributed by atoms with E-state index < -0.39 is 5.97 Å². The summed E-state index contributed by atoms with van der Waals surface area (Å²) < 4.78 is 5.19. The molecule has 0 radical (unpaired) electrons. The van der Waals surface area contributed by atoms with Crippen molar-refractivity contribution in [3.8, 4) is 5.75 Å². The smallest absolute Gasteiger partial charge is 0.343 e. The number of nitrogen functional groups attached to an aromatic ring is 1. The number of esters is 1. The summed E-state index contributed by atoms with van der Waals surface area (Å²) in [5.74, 6) is -0.429. The van der Waals surface area contributed by atoms with Crippen LogP contribution >= 0.6 is 34.8 Å². The second kappa shape index (κ2) is 5.92. The first-order chi connectivity index (χ1) is 9.38. The second-order valence-corrected chi connectivity index (χ2v) is 5.38. The van der Waals surface area contributed by atoms with E-state index >= 15 is 0 Å². The molecule has 0 unspecified atom stereocenters. The highest BCUT2D eigenvalue weighted by molar-refractivity contribution is 6.43. The topological polar surface area (TPSA) is 52.3 Å². The Balaban J connectivity index is 2.27. The molecule has 0 heterocycles. The predicted molar refractivity (Wildman–Crippen MR) is 82.0 cm³/mol. The van der Waals surface area contributed by atoms with Crippen LogP contribution in [0.5, 0.6) is 5.75 Å². The fourth-order valence-corrected chi connectivity index (χ4v) is 2.08. The number of carbonyl (C=O) groups is 1. The van der Waals surface area contributed by atoms with E-state index in [9.17, 15) is 4.79 Å². The molecule has 104 valence electrons. The molecule has 0 saturated heterocycles. The standard InChI is InChI=1S/C14H10Cl3NO2/c1-7-2-3-8(4-12(7)18)14(19)20-13-6-10(16)9(15)5-11(13)17/h2-6H,18H2,1H3. The van der Waals surface area contributed by atoms with Gasteiger partial charge in [-0.3, -0.25) is 0 Å². The summed E-state index contributed by atoms with van der Waals surface area (Å²) in [7, 11) is 0. The first kappa shape index (κ1) is 15.0. The number of anilines is 1. The number of hydrogen-bond acceptors (Lipinski definition) is 3. The van der Waals surface area contributed by atoms with Crippen LogP contribution in [0.4, 0.5) is 5.69 Å². The summed E-state index contributed by atoms with van der Waals surface area (Å²) in [5, 5.41) is 0.742. The van der Waals surface area contributed by atoms with Gasteiger partial charge in [-0.1, -0.05) is 40.9 Å². The molecule has 0 fully saturated rings. The van der Waals surface area contributed by atoms with Crippen LogP contribution in [-0.2, 0) is 0 Å². The van der Waals surface area contributed by atoms with Gasteiger partial charge < -0.3 is 10.5 Å². The van der Waals surface area contributed by atoms with Crippen LogP contribution in [0.3, 0.4) is 0 Å². The predicted octanol–water partition coefficient (Wildman–Crippen LogP) is 4.76. The van der Waals surface area contributed by atoms with E-state index in [4.69, 9.17) is 45.3 Å². The Morgan fingerprint density at radius 2 is 1.70 bits per heavy atom.